The van der Waals surface area contributed by atoms with Crippen LogP contribution in [0.25, 0.3) is 0 Å². The quantitative estimate of drug-likeness (QED) is 0.431. The lowest BCUT2D eigenvalue weighted by molar-refractivity contribution is -0.134. The van der Waals surface area contributed by atoms with Crippen molar-refractivity contribution in [1.29, 1.82) is 0 Å². The van der Waals surface area contributed by atoms with Crippen LogP contribution in [0.4, 0.5) is 0 Å². The standard InChI is InChI=1S/C23H38N2O5/c1-6-13-24(14-7-2)21(26)17-29-20-12-10-11-19(28-5)23(20)30-18-22(27)25(15-8-3)16-9-4/h10-12H,6-9,13-18H2,1-5H3. The third kappa shape index (κ3) is 8.13. The molecule has 0 heterocycles. The van der Waals surface area contributed by atoms with E-state index < -0.39 is 0 Å². The Balaban J connectivity index is 2.87. The Hall–Kier alpha value is -2.44. The minimum atomic E-state index is -0.109. The van der Waals surface area contributed by atoms with Crippen molar-refractivity contribution in [1.82, 2.24) is 9.80 Å². The van der Waals surface area contributed by atoms with E-state index in [0.717, 1.165) is 25.7 Å². The van der Waals surface area contributed by atoms with Gasteiger partial charge in [-0.25, -0.2) is 0 Å². The Labute approximate surface area is 181 Å². The maximum atomic E-state index is 12.6. The van der Waals surface area contributed by atoms with E-state index in [1.165, 1.54) is 7.11 Å². The Morgan fingerprint density at radius 1 is 0.733 bits per heavy atom. The minimum absolute atomic E-state index is 0.0689. The van der Waals surface area contributed by atoms with Crippen LogP contribution in [0.5, 0.6) is 17.2 Å². The first kappa shape index (κ1) is 25.6. The summed E-state index contributed by atoms with van der Waals surface area (Å²) in [5.41, 5.74) is 0. The van der Waals surface area contributed by atoms with Crippen molar-refractivity contribution in [2.24, 2.45) is 0 Å². The van der Waals surface area contributed by atoms with Crippen LogP contribution in [0.1, 0.15) is 53.4 Å². The molecule has 1 aromatic carbocycles. The molecule has 7 heteroatoms. The van der Waals surface area contributed by atoms with Crippen molar-refractivity contribution in [3.8, 4) is 17.2 Å². The third-order valence-corrected chi connectivity index (χ3v) is 4.53. The molecule has 1 aromatic rings. The number of carbonyl (C=O) groups is 2. The number of hydrogen-bond donors (Lipinski definition) is 0. The molecule has 0 aliphatic carbocycles. The van der Waals surface area contributed by atoms with Gasteiger partial charge >= 0.3 is 0 Å². The molecule has 0 atom stereocenters. The molecule has 0 aliphatic heterocycles. The van der Waals surface area contributed by atoms with Crippen molar-refractivity contribution in [3.05, 3.63) is 18.2 Å². The smallest absolute Gasteiger partial charge is 0.260 e. The zero-order chi connectivity index (χ0) is 22.4. The molecule has 0 spiro atoms. The molecule has 0 unspecified atom stereocenters. The lowest BCUT2D eigenvalue weighted by atomic mass is 10.3. The van der Waals surface area contributed by atoms with Gasteiger partial charge in [-0.05, 0) is 37.8 Å². The number of rotatable bonds is 15. The molecule has 0 fully saturated rings. The zero-order valence-corrected chi connectivity index (χ0v) is 19.2. The van der Waals surface area contributed by atoms with Gasteiger partial charge in [0.1, 0.15) is 0 Å². The van der Waals surface area contributed by atoms with Gasteiger partial charge in [-0.1, -0.05) is 33.8 Å². The summed E-state index contributed by atoms with van der Waals surface area (Å²) in [7, 11) is 1.53. The zero-order valence-electron chi connectivity index (χ0n) is 19.2. The van der Waals surface area contributed by atoms with Crippen molar-refractivity contribution in [2.75, 3.05) is 46.5 Å². The summed E-state index contributed by atoms with van der Waals surface area (Å²) < 4.78 is 17.0. The number of nitrogens with zero attached hydrogens (tertiary/aromatic N) is 2. The molecule has 7 nitrogen and oxygen atoms in total. The second kappa shape index (κ2) is 14.5. The summed E-state index contributed by atoms with van der Waals surface area (Å²) in [6.45, 7) is 10.8. The maximum absolute atomic E-state index is 12.6. The highest BCUT2D eigenvalue weighted by Gasteiger charge is 2.19. The van der Waals surface area contributed by atoms with Crippen LogP contribution in [-0.2, 0) is 9.59 Å². The van der Waals surface area contributed by atoms with E-state index in [2.05, 4.69) is 0 Å². The molecular weight excluding hydrogens is 384 g/mol. The largest absolute Gasteiger partial charge is 0.493 e. The number of methoxy groups -OCH3 is 1. The molecule has 30 heavy (non-hydrogen) atoms. The first-order valence-corrected chi connectivity index (χ1v) is 11.0. The normalized spacial score (nSPS) is 10.4. The van der Waals surface area contributed by atoms with Gasteiger partial charge in [-0.3, -0.25) is 9.59 Å². The lowest BCUT2D eigenvalue weighted by Gasteiger charge is -2.23. The molecule has 1 rings (SSSR count). The van der Waals surface area contributed by atoms with Gasteiger partial charge in [0.15, 0.2) is 24.7 Å². The molecule has 0 N–H and O–H groups in total. The van der Waals surface area contributed by atoms with Crippen LogP contribution >= 0.6 is 0 Å². The Kier molecular flexibility index (Phi) is 12.4. The second-order valence-corrected chi connectivity index (χ2v) is 7.13. The van der Waals surface area contributed by atoms with E-state index in [-0.39, 0.29) is 25.0 Å². The fourth-order valence-electron chi connectivity index (χ4n) is 3.17. The molecule has 0 saturated carbocycles. The molecule has 0 aliphatic rings. The van der Waals surface area contributed by atoms with E-state index >= 15 is 0 Å². The van der Waals surface area contributed by atoms with Gasteiger partial charge in [0.05, 0.1) is 7.11 Å². The average Bonchev–Trinajstić information content (AvgIpc) is 2.75. The van der Waals surface area contributed by atoms with Gasteiger partial charge in [-0.2, -0.15) is 0 Å². The van der Waals surface area contributed by atoms with Crippen molar-refractivity contribution in [2.45, 2.75) is 53.4 Å². The van der Waals surface area contributed by atoms with E-state index in [1.54, 1.807) is 28.0 Å². The summed E-state index contributed by atoms with van der Waals surface area (Å²) in [5, 5.41) is 0. The predicted octanol–water partition coefficient (Wildman–Crippen LogP) is 3.75. The SMILES string of the molecule is CCCN(CCC)C(=O)COc1cccc(OC)c1OCC(=O)N(CCC)CCC. The molecule has 0 aromatic heterocycles. The van der Waals surface area contributed by atoms with E-state index in [9.17, 15) is 9.59 Å². The fraction of sp³-hybridized carbons (Fsp3) is 0.652. The highest BCUT2D eigenvalue weighted by molar-refractivity contribution is 5.78. The van der Waals surface area contributed by atoms with E-state index in [1.807, 2.05) is 27.7 Å². The first-order valence-electron chi connectivity index (χ1n) is 11.0. The summed E-state index contributed by atoms with van der Waals surface area (Å²) in [6, 6.07) is 5.23. The predicted molar refractivity (Wildman–Crippen MR) is 118 cm³/mol. The highest BCUT2D eigenvalue weighted by atomic mass is 16.5. The molecule has 170 valence electrons. The third-order valence-electron chi connectivity index (χ3n) is 4.53. The summed E-state index contributed by atoms with van der Waals surface area (Å²) in [4.78, 5) is 28.7. The van der Waals surface area contributed by atoms with Crippen LogP contribution < -0.4 is 14.2 Å². The Morgan fingerprint density at radius 3 is 1.60 bits per heavy atom. The maximum Gasteiger partial charge on any atom is 0.260 e. The van der Waals surface area contributed by atoms with E-state index in [4.69, 9.17) is 14.2 Å². The van der Waals surface area contributed by atoms with Crippen molar-refractivity contribution >= 4 is 11.8 Å². The van der Waals surface area contributed by atoms with Crippen LogP contribution in [0.2, 0.25) is 0 Å². The monoisotopic (exact) mass is 422 g/mol. The second-order valence-electron chi connectivity index (χ2n) is 7.13. The molecule has 0 saturated heterocycles. The lowest BCUT2D eigenvalue weighted by Crippen LogP contribution is -2.36. The number of hydrogen-bond acceptors (Lipinski definition) is 5. The van der Waals surface area contributed by atoms with Crippen LogP contribution in [0, 0.1) is 0 Å². The number of carbonyl (C=O) groups excluding carboxylic acids is 2. The van der Waals surface area contributed by atoms with Gasteiger partial charge in [0.25, 0.3) is 11.8 Å². The summed E-state index contributed by atoms with van der Waals surface area (Å²) in [6.07, 6.45) is 3.58. The Bertz CT molecular complexity index is 638. The Morgan fingerprint density at radius 2 is 1.17 bits per heavy atom. The van der Waals surface area contributed by atoms with Gasteiger partial charge < -0.3 is 24.0 Å². The summed E-state index contributed by atoms with van der Waals surface area (Å²) >= 11 is 0. The molecular formula is C23H38N2O5. The number of ether oxygens (including phenoxy) is 3. The minimum Gasteiger partial charge on any atom is -0.493 e. The number of amides is 2. The van der Waals surface area contributed by atoms with Crippen LogP contribution in [-0.4, -0.2) is 68.1 Å². The number of benzene rings is 1. The number of para-hydroxylation sites is 1. The van der Waals surface area contributed by atoms with Crippen LogP contribution in [0.3, 0.4) is 0 Å². The first-order chi connectivity index (χ1) is 14.5. The van der Waals surface area contributed by atoms with Crippen molar-refractivity contribution in [3.63, 3.8) is 0 Å². The van der Waals surface area contributed by atoms with E-state index in [0.29, 0.717) is 43.4 Å². The van der Waals surface area contributed by atoms with Gasteiger partial charge in [0.2, 0.25) is 5.75 Å². The topological polar surface area (TPSA) is 68.3 Å². The molecule has 0 bridgehead atoms. The average molecular weight is 423 g/mol. The van der Waals surface area contributed by atoms with Crippen LogP contribution in [0.15, 0.2) is 18.2 Å². The summed E-state index contributed by atoms with van der Waals surface area (Å²) in [5.74, 6) is 1.04. The highest BCUT2D eigenvalue weighted by Crippen LogP contribution is 2.37. The molecule has 0 radical (unpaired) electrons. The van der Waals surface area contributed by atoms with Crippen molar-refractivity contribution < 1.29 is 23.8 Å². The van der Waals surface area contributed by atoms with Gasteiger partial charge in [0, 0.05) is 26.2 Å². The molecule has 2 amide bonds. The van der Waals surface area contributed by atoms with Gasteiger partial charge in [-0.15, -0.1) is 0 Å². The fourth-order valence-corrected chi connectivity index (χ4v) is 3.17.